The van der Waals surface area contributed by atoms with E-state index in [2.05, 4.69) is 234 Å². The maximum Gasteiger partial charge on any atom is 0.135 e. The van der Waals surface area contributed by atoms with Gasteiger partial charge >= 0.3 is 0 Å². The van der Waals surface area contributed by atoms with Gasteiger partial charge < -0.3 is 23.7 Å². The van der Waals surface area contributed by atoms with Crippen LogP contribution in [-0.2, 0) is 39.4 Å². The number of imidazole rings is 1. The number of aromatic nitrogens is 4. The van der Waals surface area contributed by atoms with E-state index in [-0.39, 0.29) is 26.5 Å². The summed E-state index contributed by atoms with van der Waals surface area (Å²) in [6.07, 6.45) is 5.22. The maximum atomic E-state index is 7.12. The molecule has 0 radical (unpaired) electrons. The molecule has 8 aromatic carbocycles. The van der Waals surface area contributed by atoms with Crippen LogP contribution in [0.3, 0.4) is 0 Å². The van der Waals surface area contributed by atoms with Crippen molar-refractivity contribution in [3.8, 4) is 50.7 Å². The van der Waals surface area contributed by atoms with Crippen molar-refractivity contribution in [2.75, 3.05) is 9.80 Å². The number of hydrogen-bond donors (Lipinski definition) is 0. The number of benzene rings is 8. The van der Waals surface area contributed by atoms with Crippen molar-refractivity contribution in [3.05, 3.63) is 218 Å². The molecule has 11 aromatic rings. The van der Waals surface area contributed by atoms with Gasteiger partial charge in [-0.1, -0.05) is 142 Å². The molecule has 2 aliphatic heterocycles. The van der Waals surface area contributed by atoms with E-state index in [1.807, 2.05) is 12.3 Å². The Labute approximate surface area is 428 Å². The molecule has 0 unspecified atom stereocenters. The average Bonchev–Trinajstić information content (AvgIpc) is 4.07. The fraction of sp³-hybridized carbons (Fsp3) is 0.127. The number of aryl methyl sites for hydroxylation is 2. The van der Waals surface area contributed by atoms with Crippen molar-refractivity contribution in [2.45, 2.75) is 52.0 Å². The van der Waals surface area contributed by atoms with Gasteiger partial charge in [0.2, 0.25) is 0 Å². The van der Waals surface area contributed by atoms with Crippen molar-refractivity contribution in [1.29, 1.82) is 0 Å². The van der Waals surface area contributed by atoms with E-state index >= 15 is 0 Å². The summed E-state index contributed by atoms with van der Waals surface area (Å²) in [4.78, 5) is 14.7. The topological polar surface area (TPSA) is 51.4 Å². The van der Waals surface area contributed by atoms with Crippen LogP contribution in [-0.4, -0.2) is 19.1 Å². The molecule has 0 atom stereocenters. The third kappa shape index (κ3) is 7.89. The Bertz CT molecular complexity index is 3720. The van der Waals surface area contributed by atoms with Crippen LogP contribution < -0.4 is 14.5 Å². The van der Waals surface area contributed by atoms with Crippen molar-refractivity contribution in [1.82, 2.24) is 19.1 Å². The fourth-order valence-corrected chi connectivity index (χ4v) is 10.5. The van der Waals surface area contributed by atoms with E-state index in [0.717, 1.165) is 121 Å². The van der Waals surface area contributed by atoms with Crippen LogP contribution in [0.15, 0.2) is 188 Å². The van der Waals surface area contributed by atoms with E-state index in [9.17, 15) is 0 Å². The molecule has 2 aliphatic rings. The van der Waals surface area contributed by atoms with Crippen LogP contribution >= 0.6 is 0 Å². The van der Waals surface area contributed by atoms with E-state index in [1.165, 1.54) is 11.1 Å². The largest absolute Gasteiger partial charge is 0.509 e. The van der Waals surface area contributed by atoms with Crippen LogP contribution in [0, 0.1) is 18.8 Å². The summed E-state index contributed by atoms with van der Waals surface area (Å²) in [5.41, 5.74) is 15.9. The second-order valence-electron chi connectivity index (χ2n) is 19.4. The van der Waals surface area contributed by atoms with Crippen molar-refractivity contribution >= 4 is 55.6 Å². The van der Waals surface area contributed by atoms with Gasteiger partial charge in [0.15, 0.2) is 0 Å². The number of rotatable bonds is 8. The fourth-order valence-electron chi connectivity index (χ4n) is 10.5. The minimum absolute atomic E-state index is 0. The summed E-state index contributed by atoms with van der Waals surface area (Å²) in [7, 11) is 0. The predicted octanol–water partition coefficient (Wildman–Crippen LogP) is 16.0. The van der Waals surface area contributed by atoms with Crippen LogP contribution in [0.4, 0.5) is 22.7 Å². The zero-order valence-electron chi connectivity index (χ0n) is 39.7. The van der Waals surface area contributed by atoms with Crippen molar-refractivity contribution in [2.24, 2.45) is 0 Å². The SMILES string of the molecule is CC(C)(C)c1ccnc(-n2c3[c-]c(Oc4[c-]c(N5[CH-]N(c6ccccc6)c6cc7c(cc65)nc5n7CCCC5)cc(-c5c(-c6ccccc6)cccc5-c5ccccc5)c4)ccc3c3ccccc32)c1.[Pt]. The number of nitrogens with zero attached hydrogens (tertiary/aromatic N) is 6. The van der Waals surface area contributed by atoms with Gasteiger partial charge in [0.1, 0.15) is 11.6 Å². The van der Waals surface area contributed by atoms with Gasteiger partial charge in [0, 0.05) is 74.3 Å². The molecule has 0 bridgehead atoms. The molecular formula is C63H49N6OPt-3. The molecule has 0 spiro atoms. The Morgan fingerprint density at radius 1 is 0.592 bits per heavy atom. The van der Waals surface area contributed by atoms with Crippen LogP contribution in [0.1, 0.15) is 45.0 Å². The number of pyridine rings is 1. The zero-order chi connectivity index (χ0) is 46.9. The van der Waals surface area contributed by atoms with Crippen molar-refractivity contribution < 1.29 is 25.8 Å². The minimum Gasteiger partial charge on any atom is -0.509 e. The third-order valence-electron chi connectivity index (χ3n) is 14.0. The van der Waals surface area contributed by atoms with Crippen LogP contribution in [0.2, 0.25) is 0 Å². The van der Waals surface area contributed by atoms with Gasteiger partial charge in [-0.2, -0.15) is 6.07 Å². The van der Waals surface area contributed by atoms with E-state index in [4.69, 9.17) is 14.7 Å². The average molecular weight is 1100 g/mol. The van der Waals surface area contributed by atoms with Crippen LogP contribution in [0.25, 0.3) is 72.0 Å². The van der Waals surface area contributed by atoms with E-state index in [0.29, 0.717) is 11.5 Å². The summed E-state index contributed by atoms with van der Waals surface area (Å²) in [6, 6.07) is 72.0. The molecule has 5 heterocycles. The standard InChI is InChI=1S/C63H49N6O.Pt/c1-63(2,3)45-31-32-64-61(36-45)69-55-27-14-13-24-52(55)53-30-29-48(38-56(53)69)70-49-35-44(62-50(42-18-7-4-8-19-42)25-17-26-51(62)43-20-9-5-10-21-43)34-47(37-49)68-41-67(46-22-11-6-12-23-46)59-40-57-54(39-58(59)68)65-60-28-15-16-33-66(57)60;/h4-14,17-27,29-32,34-36,39-41H,15-16,28,33H2,1-3H3;/q-3;. The Kier molecular flexibility index (Phi) is 11.2. The Balaban J connectivity index is 0.00000517. The first-order chi connectivity index (χ1) is 34.3. The third-order valence-corrected chi connectivity index (χ3v) is 14.0. The molecular weight excluding hydrogens is 1050 g/mol. The minimum atomic E-state index is -0.0536. The van der Waals surface area contributed by atoms with Gasteiger partial charge in [-0.25, -0.2) is 9.97 Å². The summed E-state index contributed by atoms with van der Waals surface area (Å²) in [5, 5.41) is 2.20. The van der Waals surface area contributed by atoms with Gasteiger partial charge in [-0.3, -0.25) is 0 Å². The number of ether oxygens (including phenoxy) is 1. The molecule has 13 rings (SSSR count). The number of fused-ring (bicyclic) bond motifs is 7. The first-order valence-corrected chi connectivity index (χ1v) is 24.3. The Morgan fingerprint density at radius 3 is 2.04 bits per heavy atom. The van der Waals surface area contributed by atoms with E-state index < -0.39 is 0 Å². The normalized spacial score (nSPS) is 13.4. The second-order valence-corrected chi connectivity index (χ2v) is 19.4. The molecule has 3 aromatic heterocycles. The molecule has 0 fully saturated rings. The predicted molar refractivity (Wildman–Crippen MR) is 285 cm³/mol. The number of para-hydroxylation sites is 2. The summed E-state index contributed by atoms with van der Waals surface area (Å²) < 4.78 is 11.7. The molecule has 7 nitrogen and oxygen atoms in total. The molecule has 0 saturated heterocycles. The molecule has 8 heteroatoms. The summed E-state index contributed by atoms with van der Waals surface area (Å²) in [6.45, 7) is 9.87. The maximum absolute atomic E-state index is 7.12. The Hall–Kier alpha value is -7.73. The molecule has 0 aliphatic carbocycles. The van der Waals surface area contributed by atoms with Gasteiger partial charge in [-0.05, 0) is 99.5 Å². The molecule has 0 saturated carbocycles. The number of hydrogen-bond acceptors (Lipinski definition) is 5. The molecule has 71 heavy (non-hydrogen) atoms. The van der Waals surface area contributed by atoms with Gasteiger partial charge in [-0.15, -0.1) is 53.6 Å². The smallest absolute Gasteiger partial charge is 0.135 e. The quantitative estimate of drug-likeness (QED) is 0.142. The first-order valence-electron chi connectivity index (χ1n) is 24.3. The Morgan fingerprint density at radius 2 is 1.30 bits per heavy atom. The zero-order valence-corrected chi connectivity index (χ0v) is 42.0. The molecule has 0 N–H and O–H groups in total. The summed E-state index contributed by atoms with van der Waals surface area (Å²) in [5.74, 6) is 3.14. The second kappa shape index (κ2) is 17.9. The van der Waals surface area contributed by atoms with Gasteiger partial charge in [0.25, 0.3) is 0 Å². The number of anilines is 4. The van der Waals surface area contributed by atoms with Crippen molar-refractivity contribution in [3.63, 3.8) is 0 Å². The molecule has 350 valence electrons. The molecule has 0 amide bonds. The first kappa shape index (κ1) is 44.5. The summed E-state index contributed by atoms with van der Waals surface area (Å²) >= 11 is 0. The monoisotopic (exact) mass is 1100 g/mol. The van der Waals surface area contributed by atoms with Crippen LogP contribution in [0.5, 0.6) is 11.5 Å². The van der Waals surface area contributed by atoms with Gasteiger partial charge in [0.05, 0.1) is 11.0 Å². The van der Waals surface area contributed by atoms with E-state index in [1.54, 1.807) is 0 Å².